The highest BCUT2D eigenvalue weighted by molar-refractivity contribution is 5.92. The molecule has 10 nitrogen and oxygen atoms in total. The van der Waals surface area contributed by atoms with Crippen molar-refractivity contribution in [1.29, 1.82) is 0 Å². The molecule has 0 aromatic rings. The SMILES string of the molecule is C/C=C(/C)C(=O)OC(C)C(C)(O)C(=O)O[C@@H]1/C=C(/C)CC[C@H]2O[C@@]2(C)C[C@H]2OC(=O)[C@](C)(OC(=O)/C(C)=C\C)[C@H]12. The zero-order valence-electron chi connectivity index (χ0n) is 24.9. The zero-order valence-corrected chi connectivity index (χ0v) is 24.9. The summed E-state index contributed by atoms with van der Waals surface area (Å²) in [6.45, 7) is 14.3. The fraction of sp³-hybridized carbons (Fsp3) is 0.667. The summed E-state index contributed by atoms with van der Waals surface area (Å²) in [5.74, 6) is -4.17. The third-order valence-electron chi connectivity index (χ3n) is 8.49. The normalized spacial score (nSPS) is 36.0. The summed E-state index contributed by atoms with van der Waals surface area (Å²) in [6, 6.07) is 0. The van der Waals surface area contributed by atoms with Crippen LogP contribution in [0.15, 0.2) is 34.9 Å². The smallest absolute Gasteiger partial charge is 0.351 e. The van der Waals surface area contributed by atoms with Crippen molar-refractivity contribution < 1.29 is 48.0 Å². The molecule has 0 amide bonds. The van der Waals surface area contributed by atoms with Crippen molar-refractivity contribution in [2.45, 2.75) is 123 Å². The van der Waals surface area contributed by atoms with Gasteiger partial charge in [-0.15, -0.1) is 0 Å². The third kappa shape index (κ3) is 6.17. The van der Waals surface area contributed by atoms with E-state index in [1.165, 1.54) is 20.8 Å². The van der Waals surface area contributed by atoms with Gasteiger partial charge in [-0.25, -0.2) is 19.2 Å². The van der Waals surface area contributed by atoms with Gasteiger partial charge in [0.15, 0.2) is 5.60 Å². The molecule has 2 fully saturated rings. The summed E-state index contributed by atoms with van der Waals surface area (Å²) in [6.07, 6.45) is 3.27. The summed E-state index contributed by atoms with van der Waals surface area (Å²) in [7, 11) is 0. The van der Waals surface area contributed by atoms with Crippen LogP contribution in [0.4, 0.5) is 0 Å². The monoisotopic (exact) mass is 562 g/mol. The minimum atomic E-state index is -2.23. The summed E-state index contributed by atoms with van der Waals surface area (Å²) in [5, 5.41) is 11.1. The van der Waals surface area contributed by atoms with Gasteiger partial charge in [0.25, 0.3) is 0 Å². The minimum Gasteiger partial charge on any atom is -0.459 e. The molecule has 0 bridgehead atoms. The minimum absolute atomic E-state index is 0.0223. The molecule has 40 heavy (non-hydrogen) atoms. The molecule has 3 rings (SSSR count). The molecule has 0 aromatic carbocycles. The van der Waals surface area contributed by atoms with Gasteiger partial charge in [-0.1, -0.05) is 17.7 Å². The van der Waals surface area contributed by atoms with Gasteiger partial charge in [0.05, 0.1) is 17.6 Å². The standard InChI is InChI=1S/C30H42O10/c1-10-17(4)24(31)36-19(6)29(8,35)26(33)37-20-14-16(3)12-13-22-28(7,39-22)15-21-23(20)30(9,27(34)38-21)40-25(32)18(5)11-2/h10-11,14,19-23,35H,12-13,15H2,1-9H3/b16-14-,17-10-,18-11-/t19?,20-,21-,22-,23-,28+,29?,30-/m1/s1. The van der Waals surface area contributed by atoms with Crippen LogP contribution < -0.4 is 0 Å². The lowest BCUT2D eigenvalue weighted by molar-refractivity contribution is -0.190. The second-order valence-corrected chi connectivity index (χ2v) is 11.6. The maximum absolute atomic E-state index is 13.5. The van der Waals surface area contributed by atoms with Gasteiger partial charge in [0.2, 0.25) is 5.60 Å². The predicted molar refractivity (Wildman–Crippen MR) is 144 cm³/mol. The average Bonchev–Trinajstić information content (AvgIpc) is 3.46. The van der Waals surface area contributed by atoms with Crippen molar-refractivity contribution in [2.24, 2.45) is 5.92 Å². The van der Waals surface area contributed by atoms with Crippen LogP contribution in [-0.2, 0) is 42.9 Å². The van der Waals surface area contributed by atoms with Gasteiger partial charge in [-0.2, -0.15) is 0 Å². The molecule has 2 unspecified atom stereocenters. The number of carbonyl (C=O) groups excluding carboxylic acids is 4. The molecule has 3 aliphatic rings. The van der Waals surface area contributed by atoms with Crippen LogP contribution in [-0.4, -0.2) is 70.2 Å². The molecule has 8 atom stereocenters. The molecule has 2 saturated heterocycles. The third-order valence-corrected chi connectivity index (χ3v) is 8.49. The van der Waals surface area contributed by atoms with E-state index in [9.17, 15) is 24.3 Å². The molecular formula is C30H42O10. The highest BCUT2D eigenvalue weighted by atomic mass is 16.6. The average molecular weight is 563 g/mol. The molecule has 0 spiro atoms. The van der Waals surface area contributed by atoms with E-state index in [1.54, 1.807) is 45.9 Å². The van der Waals surface area contributed by atoms with Gasteiger partial charge in [-0.05, 0) is 81.2 Å². The van der Waals surface area contributed by atoms with Gasteiger partial charge in [0, 0.05) is 17.6 Å². The fourth-order valence-corrected chi connectivity index (χ4v) is 5.08. The van der Waals surface area contributed by atoms with Gasteiger partial charge < -0.3 is 28.8 Å². The second kappa shape index (κ2) is 11.5. The molecule has 1 aliphatic carbocycles. The number of hydrogen-bond donors (Lipinski definition) is 1. The Labute approximate surface area is 235 Å². The van der Waals surface area contributed by atoms with Crippen molar-refractivity contribution in [2.75, 3.05) is 0 Å². The summed E-state index contributed by atoms with van der Waals surface area (Å²) < 4.78 is 28.7. The lowest BCUT2D eigenvalue weighted by atomic mass is 9.77. The number of ether oxygens (including phenoxy) is 5. The summed E-state index contributed by atoms with van der Waals surface area (Å²) in [5.41, 5.74) is -3.12. The number of fused-ring (bicyclic) bond motifs is 2. The molecule has 2 heterocycles. The molecule has 0 radical (unpaired) electrons. The Morgan fingerprint density at radius 2 is 1.75 bits per heavy atom. The Bertz CT molecular complexity index is 1150. The quantitative estimate of drug-likeness (QED) is 0.161. The van der Waals surface area contributed by atoms with Gasteiger partial charge in [-0.3, -0.25) is 0 Å². The molecule has 0 saturated carbocycles. The van der Waals surface area contributed by atoms with Crippen LogP contribution in [0.25, 0.3) is 0 Å². The molecule has 2 aliphatic heterocycles. The number of aliphatic hydroxyl groups is 1. The second-order valence-electron chi connectivity index (χ2n) is 11.6. The van der Waals surface area contributed by atoms with Crippen molar-refractivity contribution in [3.8, 4) is 0 Å². The lowest BCUT2D eigenvalue weighted by Crippen LogP contribution is -2.54. The predicted octanol–water partition coefficient (Wildman–Crippen LogP) is 3.64. The van der Waals surface area contributed by atoms with Crippen LogP contribution in [0.1, 0.15) is 81.6 Å². The Morgan fingerprint density at radius 3 is 2.35 bits per heavy atom. The molecule has 10 heteroatoms. The van der Waals surface area contributed by atoms with E-state index in [-0.39, 0.29) is 6.10 Å². The van der Waals surface area contributed by atoms with E-state index < -0.39 is 64.9 Å². The van der Waals surface area contributed by atoms with Crippen LogP contribution in [0.2, 0.25) is 0 Å². The summed E-state index contributed by atoms with van der Waals surface area (Å²) in [4.78, 5) is 51.9. The number of carbonyl (C=O) groups is 4. The number of allylic oxidation sites excluding steroid dienone is 3. The van der Waals surface area contributed by atoms with Crippen LogP contribution in [0, 0.1) is 5.92 Å². The first-order valence-electron chi connectivity index (χ1n) is 13.7. The Kier molecular flexibility index (Phi) is 9.06. The number of epoxide rings is 1. The first-order valence-corrected chi connectivity index (χ1v) is 13.7. The Morgan fingerprint density at radius 1 is 1.15 bits per heavy atom. The van der Waals surface area contributed by atoms with E-state index in [0.717, 1.165) is 12.0 Å². The van der Waals surface area contributed by atoms with E-state index in [1.807, 2.05) is 13.8 Å². The highest BCUT2D eigenvalue weighted by Gasteiger charge is 2.65. The van der Waals surface area contributed by atoms with Crippen LogP contribution in [0.3, 0.4) is 0 Å². The largest absolute Gasteiger partial charge is 0.459 e. The van der Waals surface area contributed by atoms with Gasteiger partial charge in [0.1, 0.15) is 18.3 Å². The Hall–Kier alpha value is -2.98. The zero-order chi connectivity index (χ0) is 30.2. The van der Waals surface area contributed by atoms with Crippen molar-refractivity contribution in [3.63, 3.8) is 0 Å². The maximum Gasteiger partial charge on any atom is 0.351 e. The van der Waals surface area contributed by atoms with Crippen molar-refractivity contribution in [1.82, 2.24) is 0 Å². The topological polar surface area (TPSA) is 138 Å². The van der Waals surface area contributed by atoms with Crippen molar-refractivity contribution in [3.05, 3.63) is 34.9 Å². The van der Waals surface area contributed by atoms with E-state index in [2.05, 4.69) is 0 Å². The van der Waals surface area contributed by atoms with E-state index in [4.69, 9.17) is 23.7 Å². The molecule has 222 valence electrons. The molecule has 1 N–H and O–H groups in total. The number of esters is 4. The number of rotatable bonds is 7. The van der Waals surface area contributed by atoms with Gasteiger partial charge >= 0.3 is 23.9 Å². The van der Waals surface area contributed by atoms with E-state index in [0.29, 0.717) is 24.0 Å². The summed E-state index contributed by atoms with van der Waals surface area (Å²) >= 11 is 0. The first-order chi connectivity index (χ1) is 18.5. The number of hydrogen-bond acceptors (Lipinski definition) is 10. The Balaban J connectivity index is 2.01. The maximum atomic E-state index is 13.5. The van der Waals surface area contributed by atoms with E-state index >= 15 is 0 Å². The molecule has 0 aromatic heterocycles. The fourth-order valence-electron chi connectivity index (χ4n) is 5.08. The first kappa shape index (κ1) is 31.5. The highest BCUT2D eigenvalue weighted by Crippen LogP contribution is 2.50. The molecular weight excluding hydrogens is 520 g/mol. The van der Waals surface area contributed by atoms with Crippen molar-refractivity contribution >= 4 is 23.9 Å². The van der Waals surface area contributed by atoms with Crippen LogP contribution >= 0.6 is 0 Å². The lowest BCUT2D eigenvalue weighted by Gasteiger charge is -2.36. The van der Waals surface area contributed by atoms with Crippen LogP contribution in [0.5, 0.6) is 0 Å².